The number of benzene rings is 2. The summed E-state index contributed by atoms with van der Waals surface area (Å²) < 4.78 is 28.8. The molecule has 0 N–H and O–H groups in total. The van der Waals surface area contributed by atoms with E-state index in [2.05, 4.69) is 5.10 Å². The molecule has 1 saturated heterocycles. The number of halogens is 2. The molecule has 0 spiro atoms. The zero-order valence-electron chi connectivity index (χ0n) is 16.3. The molecule has 1 aliphatic rings. The van der Waals surface area contributed by atoms with E-state index in [0.717, 1.165) is 11.1 Å². The monoisotopic (exact) mass is 466 g/mol. The Morgan fingerprint density at radius 2 is 1.63 bits per heavy atom. The first kappa shape index (κ1) is 21.3. The highest BCUT2D eigenvalue weighted by Gasteiger charge is 2.30. The standard InChI is InChI=1S/C20H20Cl2N4O3S/c1-14-15-5-2-3-6-16(15)20(27)26(23-14)13-24-9-11-25(12-10-24)30(28,29)18-8-4-7-17(21)19(18)22/h2-8H,9-13H2,1H3. The Morgan fingerprint density at radius 1 is 0.967 bits per heavy atom. The van der Waals surface area contributed by atoms with Crippen LogP contribution in [0, 0.1) is 6.92 Å². The highest BCUT2D eigenvalue weighted by Crippen LogP contribution is 2.31. The molecular formula is C20H20Cl2N4O3S. The van der Waals surface area contributed by atoms with Crippen molar-refractivity contribution < 1.29 is 8.42 Å². The Hall–Kier alpha value is -1.97. The normalized spacial score (nSPS) is 16.2. The van der Waals surface area contributed by atoms with Crippen LogP contribution >= 0.6 is 23.2 Å². The van der Waals surface area contributed by atoms with Gasteiger partial charge in [-0.25, -0.2) is 13.1 Å². The zero-order valence-corrected chi connectivity index (χ0v) is 18.6. The van der Waals surface area contributed by atoms with Gasteiger partial charge in [-0.15, -0.1) is 0 Å². The van der Waals surface area contributed by atoms with E-state index in [0.29, 0.717) is 25.1 Å². The molecule has 0 radical (unpaired) electrons. The highest BCUT2D eigenvalue weighted by molar-refractivity contribution is 7.89. The molecule has 2 aromatic carbocycles. The van der Waals surface area contributed by atoms with Crippen LogP contribution in [0.4, 0.5) is 0 Å². The van der Waals surface area contributed by atoms with Crippen LogP contribution in [0.15, 0.2) is 52.2 Å². The van der Waals surface area contributed by atoms with Crippen molar-refractivity contribution in [3.05, 3.63) is 68.6 Å². The number of fused-ring (bicyclic) bond motifs is 1. The molecule has 10 heteroatoms. The first-order valence-corrected chi connectivity index (χ1v) is 11.6. The van der Waals surface area contributed by atoms with Gasteiger partial charge in [-0.2, -0.15) is 9.40 Å². The largest absolute Gasteiger partial charge is 0.282 e. The van der Waals surface area contributed by atoms with Crippen molar-refractivity contribution in [1.82, 2.24) is 19.0 Å². The summed E-state index contributed by atoms with van der Waals surface area (Å²) in [4.78, 5) is 14.8. The van der Waals surface area contributed by atoms with Gasteiger partial charge in [0.15, 0.2) is 0 Å². The second-order valence-corrected chi connectivity index (χ2v) is 9.84. The third-order valence-electron chi connectivity index (χ3n) is 5.25. The average Bonchev–Trinajstić information content (AvgIpc) is 2.74. The molecule has 0 bridgehead atoms. The van der Waals surface area contributed by atoms with Crippen molar-refractivity contribution in [3.8, 4) is 0 Å². The fourth-order valence-corrected chi connectivity index (χ4v) is 5.78. The van der Waals surface area contributed by atoms with Gasteiger partial charge < -0.3 is 0 Å². The van der Waals surface area contributed by atoms with Crippen LogP contribution in [0.1, 0.15) is 5.69 Å². The number of hydrogen-bond donors (Lipinski definition) is 0. The van der Waals surface area contributed by atoms with Gasteiger partial charge in [0.05, 0.1) is 27.8 Å². The van der Waals surface area contributed by atoms with Crippen molar-refractivity contribution >= 4 is 44.0 Å². The first-order chi connectivity index (χ1) is 14.3. The van der Waals surface area contributed by atoms with E-state index in [1.54, 1.807) is 18.2 Å². The van der Waals surface area contributed by atoms with Crippen molar-refractivity contribution in [2.45, 2.75) is 18.5 Å². The summed E-state index contributed by atoms with van der Waals surface area (Å²) in [7, 11) is -3.75. The van der Waals surface area contributed by atoms with Gasteiger partial charge in [-0.05, 0) is 25.1 Å². The molecule has 2 heterocycles. The van der Waals surface area contributed by atoms with Crippen LogP contribution in [-0.2, 0) is 16.7 Å². The minimum atomic E-state index is -3.75. The van der Waals surface area contributed by atoms with E-state index in [9.17, 15) is 13.2 Å². The predicted octanol–water partition coefficient (Wildman–Crippen LogP) is 2.98. The number of nitrogens with zero attached hydrogens (tertiary/aromatic N) is 4. The maximum atomic E-state index is 13.0. The zero-order chi connectivity index (χ0) is 21.5. The number of aryl methyl sites for hydroxylation is 1. The van der Waals surface area contributed by atoms with E-state index in [-0.39, 0.29) is 33.6 Å². The van der Waals surface area contributed by atoms with Gasteiger partial charge in [0.25, 0.3) is 5.56 Å². The summed E-state index contributed by atoms with van der Waals surface area (Å²) >= 11 is 12.1. The second-order valence-electron chi connectivity index (χ2n) is 7.15. The Labute approximate surface area is 184 Å². The molecule has 1 aliphatic heterocycles. The van der Waals surface area contributed by atoms with Crippen LogP contribution in [0.25, 0.3) is 10.8 Å². The fourth-order valence-electron chi connectivity index (χ4n) is 3.62. The minimum absolute atomic E-state index is 0.00755. The second kappa shape index (κ2) is 8.28. The summed E-state index contributed by atoms with van der Waals surface area (Å²) in [5, 5.41) is 6.13. The minimum Gasteiger partial charge on any atom is -0.282 e. The quantitative estimate of drug-likeness (QED) is 0.590. The van der Waals surface area contributed by atoms with Crippen molar-refractivity contribution in [2.24, 2.45) is 0 Å². The number of hydrogen-bond acceptors (Lipinski definition) is 5. The first-order valence-electron chi connectivity index (χ1n) is 9.42. The number of sulfonamides is 1. The van der Waals surface area contributed by atoms with E-state index >= 15 is 0 Å². The van der Waals surface area contributed by atoms with Gasteiger partial charge >= 0.3 is 0 Å². The summed E-state index contributed by atoms with van der Waals surface area (Å²) in [5.74, 6) is 0. The maximum absolute atomic E-state index is 13.0. The third kappa shape index (κ3) is 3.86. The SMILES string of the molecule is Cc1nn(CN2CCN(S(=O)(=O)c3cccc(Cl)c3Cl)CC2)c(=O)c2ccccc12. The van der Waals surface area contributed by atoms with Gasteiger partial charge in [0.1, 0.15) is 4.90 Å². The van der Waals surface area contributed by atoms with Crippen LogP contribution in [0.3, 0.4) is 0 Å². The molecular weight excluding hydrogens is 447 g/mol. The maximum Gasteiger partial charge on any atom is 0.275 e. The van der Waals surface area contributed by atoms with Gasteiger partial charge in [-0.3, -0.25) is 9.69 Å². The Bertz CT molecular complexity index is 1270. The smallest absolute Gasteiger partial charge is 0.275 e. The van der Waals surface area contributed by atoms with E-state index in [1.165, 1.54) is 15.1 Å². The summed E-state index contributed by atoms with van der Waals surface area (Å²) in [6.45, 7) is 3.68. The van der Waals surface area contributed by atoms with Crippen molar-refractivity contribution in [3.63, 3.8) is 0 Å². The molecule has 0 atom stereocenters. The number of piperazine rings is 1. The molecule has 158 valence electrons. The van der Waals surface area contributed by atoms with Gasteiger partial charge in [-0.1, -0.05) is 47.5 Å². The lowest BCUT2D eigenvalue weighted by molar-refractivity contribution is 0.143. The van der Waals surface area contributed by atoms with Gasteiger partial charge in [0, 0.05) is 31.6 Å². The van der Waals surface area contributed by atoms with E-state index < -0.39 is 10.0 Å². The summed E-state index contributed by atoms with van der Waals surface area (Å²) in [6, 6.07) is 12.0. The van der Waals surface area contributed by atoms with Crippen LogP contribution in [0.5, 0.6) is 0 Å². The highest BCUT2D eigenvalue weighted by atomic mass is 35.5. The Balaban J connectivity index is 1.51. The molecule has 3 aromatic rings. The fraction of sp³-hybridized carbons (Fsp3) is 0.300. The lowest BCUT2D eigenvalue weighted by Gasteiger charge is -2.34. The molecule has 0 amide bonds. The molecule has 7 nitrogen and oxygen atoms in total. The van der Waals surface area contributed by atoms with Gasteiger partial charge in [0.2, 0.25) is 10.0 Å². The Morgan fingerprint density at radius 3 is 2.33 bits per heavy atom. The molecule has 1 fully saturated rings. The molecule has 30 heavy (non-hydrogen) atoms. The molecule has 0 unspecified atom stereocenters. The molecule has 0 saturated carbocycles. The molecule has 0 aliphatic carbocycles. The van der Waals surface area contributed by atoms with Crippen LogP contribution in [0.2, 0.25) is 10.0 Å². The van der Waals surface area contributed by atoms with E-state index in [1.807, 2.05) is 30.0 Å². The summed E-state index contributed by atoms with van der Waals surface area (Å²) in [6.07, 6.45) is 0. The molecule has 4 rings (SSSR count). The summed E-state index contributed by atoms with van der Waals surface area (Å²) in [5.41, 5.74) is 0.624. The average molecular weight is 467 g/mol. The Kier molecular flexibility index (Phi) is 5.87. The van der Waals surface area contributed by atoms with Crippen LogP contribution in [-0.4, -0.2) is 53.6 Å². The van der Waals surface area contributed by atoms with Crippen molar-refractivity contribution in [1.29, 1.82) is 0 Å². The van der Waals surface area contributed by atoms with Crippen LogP contribution < -0.4 is 5.56 Å². The lowest BCUT2D eigenvalue weighted by atomic mass is 10.1. The number of aromatic nitrogens is 2. The van der Waals surface area contributed by atoms with E-state index in [4.69, 9.17) is 23.2 Å². The molecule has 1 aromatic heterocycles. The predicted molar refractivity (Wildman–Crippen MR) is 118 cm³/mol. The lowest BCUT2D eigenvalue weighted by Crippen LogP contribution is -2.49. The van der Waals surface area contributed by atoms with Crippen molar-refractivity contribution in [2.75, 3.05) is 26.2 Å². The third-order valence-corrected chi connectivity index (χ3v) is 8.12. The topological polar surface area (TPSA) is 75.5 Å². The number of rotatable bonds is 4.